The number of esters is 2. The summed E-state index contributed by atoms with van der Waals surface area (Å²) in [7, 11) is 0. The Kier molecular flexibility index (Phi) is 9.31. The van der Waals surface area contributed by atoms with E-state index in [1.807, 2.05) is 43.3 Å². The fourth-order valence-electron chi connectivity index (χ4n) is 3.59. The molecule has 35 heavy (non-hydrogen) atoms. The highest BCUT2D eigenvalue weighted by atomic mass is 16.6. The average molecular weight is 483 g/mol. The van der Waals surface area contributed by atoms with Crippen molar-refractivity contribution in [2.75, 3.05) is 32.8 Å². The van der Waals surface area contributed by atoms with Gasteiger partial charge in [0.05, 0.1) is 12.3 Å². The minimum absolute atomic E-state index is 0.0877. The van der Waals surface area contributed by atoms with Crippen LogP contribution in [0.3, 0.4) is 0 Å². The highest BCUT2D eigenvalue weighted by molar-refractivity contribution is 5.97. The quantitative estimate of drug-likeness (QED) is 0.433. The largest absolute Gasteiger partial charge is 0.466 e. The molecule has 1 saturated heterocycles. The number of nitrogens with one attached hydrogen (secondary N) is 2. The van der Waals surface area contributed by atoms with E-state index < -0.39 is 30.0 Å². The van der Waals surface area contributed by atoms with E-state index in [2.05, 4.69) is 15.6 Å². The van der Waals surface area contributed by atoms with E-state index in [1.165, 1.54) is 4.90 Å². The highest BCUT2D eigenvalue weighted by Gasteiger charge is 2.29. The normalized spacial score (nSPS) is 14.1. The second-order valence-electron chi connectivity index (χ2n) is 8.07. The summed E-state index contributed by atoms with van der Waals surface area (Å²) in [6, 6.07) is 11.6. The SMILES string of the molecule is CCOC(=O)CCC(NC(=O)c1cc(C)cc(-c2ccccc2)n1)C(=O)OC(=O)N1CCNCC1. The number of carbonyl (C=O) groups excluding carboxylic acids is 4. The van der Waals surface area contributed by atoms with Gasteiger partial charge in [-0.15, -0.1) is 0 Å². The molecule has 2 amide bonds. The second kappa shape index (κ2) is 12.6. The van der Waals surface area contributed by atoms with Crippen LogP contribution in [0, 0.1) is 6.92 Å². The van der Waals surface area contributed by atoms with Gasteiger partial charge in [-0.25, -0.2) is 14.6 Å². The number of aryl methyl sites for hydroxylation is 1. The van der Waals surface area contributed by atoms with Gasteiger partial charge in [0.1, 0.15) is 11.7 Å². The molecule has 1 unspecified atom stereocenters. The van der Waals surface area contributed by atoms with Crippen LogP contribution in [0.2, 0.25) is 0 Å². The number of piperazine rings is 1. The minimum atomic E-state index is -1.23. The van der Waals surface area contributed by atoms with Crippen molar-refractivity contribution in [3.63, 3.8) is 0 Å². The van der Waals surface area contributed by atoms with Crippen LogP contribution in [0.4, 0.5) is 4.79 Å². The molecule has 1 aliphatic rings. The maximum absolute atomic E-state index is 13.1. The molecule has 2 heterocycles. The molecule has 10 nitrogen and oxygen atoms in total. The van der Waals surface area contributed by atoms with Crippen molar-refractivity contribution >= 4 is 23.9 Å². The average Bonchev–Trinajstić information content (AvgIpc) is 2.87. The maximum Gasteiger partial charge on any atom is 0.417 e. The summed E-state index contributed by atoms with van der Waals surface area (Å²) in [5.41, 5.74) is 2.36. The Labute approximate surface area is 204 Å². The lowest BCUT2D eigenvalue weighted by Gasteiger charge is -2.26. The summed E-state index contributed by atoms with van der Waals surface area (Å²) in [5.74, 6) is -2.08. The number of aromatic nitrogens is 1. The Balaban J connectivity index is 1.75. The molecule has 1 aliphatic heterocycles. The van der Waals surface area contributed by atoms with Crippen LogP contribution in [-0.4, -0.2) is 72.7 Å². The van der Waals surface area contributed by atoms with E-state index in [0.717, 1.165) is 11.1 Å². The van der Waals surface area contributed by atoms with Gasteiger partial charge < -0.3 is 25.0 Å². The van der Waals surface area contributed by atoms with Gasteiger partial charge in [-0.2, -0.15) is 0 Å². The molecule has 1 aromatic heterocycles. The van der Waals surface area contributed by atoms with E-state index in [0.29, 0.717) is 31.9 Å². The monoisotopic (exact) mass is 482 g/mol. The fourth-order valence-corrected chi connectivity index (χ4v) is 3.59. The molecule has 186 valence electrons. The van der Waals surface area contributed by atoms with Gasteiger partial charge in [0.25, 0.3) is 5.91 Å². The molecule has 1 fully saturated rings. The van der Waals surface area contributed by atoms with E-state index in [1.54, 1.807) is 13.0 Å². The molecule has 1 atom stereocenters. The zero-order chi connectivity index (χ0) is 25.2. The first kappa shape index (κ1) is 25.8. The number of pyridine rings is 1. The number of carbonyl (C=O) groups is 4. The summed E-state index contributed by atoms with van der Waals surface area (Å²) in [4.78, 5) is 56.0. The summed E-state index contributed by atoms with van der Waals surface area (Å²) >= 11 is 0. The van der Waals surface area contributed by atoms with Crippen LogP contribution in [0.5, 0.6) is 0 Å². The Morgan fingerprint density at radius 2 is 1.83 bits per heavy atom. The maximum atomic E-state index is 13.1. The molecule has 0 radical (unpaired) electrons. The molecule has 0 saturated carbocycles. The fraction of sp³-hybridized carbons (Fsp3) is 0.400. The van der Waals surface area contributed by atoms with Crippen molar-refractivity contribution in [1.82, 2.24) is 20.5 Å². The zero-order valence-electron chi connectivity index (χ0n) is 19.9. The smallest absolute Gasteiger partial charge is 0.417 e. The number of nitrogens with zero attached hydrogens (tertiary/aromatic N) is 2. The van der Waals surface area contributed by atoms with Crippen LogP contribution in [-0.2, 0) is 19.1 Å². The molecule has 3 rings (SSSR count). The lowest BCUT2D eigenvalue weighted by molar-refractivity contribution is -0.144. The lowest BCUT2D eigenvalue weighted by atomic mass is 10.1. The third-order valence-corrected chi connectivity index (χ3v) is 5.37. The number of hydrogen-bond acceptors (Lipinski definition) is 8. The number of rotatable bonds is 8. The number of hydrogen-bond donors (Lipinski definition) is 2. The van der Waals surface area contributed by atoms with Crippen molar-refractivity contribution in [2.45, 2.75) is 32.7 Å². The summed E-state index contributed by atoms with van der Waals surface area (Å²) in [6.45, 7) is 5.69. The first-order valence-electron chi connectivity index (χ1n) is 11.6. The summed E-state index contributed by atoms with van der Waals surface area (Å²) in [6.07, 6.45) is -1.01. The van der Waals surface area contributed by atoms with E-state index in [-0.39, 0.29) is 25.1 Å². The second-order valence-corrected chi connectivity index (χ2v) is 8.07. The standard InChI is InChI=1S/C25H30N4O6/c1-3-34-22(30)10-9-19(24(32)35-25(33)29-13-11-26-12-14-29)28-23(31)21-16-17(2)15-20(27-21)18-7-5-4-6-8-18/h4-8,15-16,19,26H,3,9-14H2,1-2H3,(H,28,31). The Hall–Kier alpha value is -3.79. The molecule has 0 bridgehead atoms. The first-order valence-corrected chi connectivity index (χ1v) is 11.6. The Morgan fingerprint density at radius 3 is 2.51 bits per heavy atom. The van der Waals surface area contributed by atoms with Crippen LogP contribution < -0.4 is 10.6 Å². The van der Waals surface area contributed by atoms with Gasteiger partial charge in [-0.3, -0.25) is 9.59 Å². The van der Waals surface area contributed by atoms with E-state index >= 15 is 0 Å². The van der Waals surface area contributed by atoms with Gasteiger partial charge in [-0.1, -0.05) is 30.3 Å². The first-order chi connectivity index (χ1) is 16.9. The predicted octanol–water partition coefficient (Wildman–Crippen LogP) is 2.07. The molecular weight excluding hydrogens is 452 g/mol. The molecule has 2 aromatic rings. The van der Waals surface area contributed by atoms with Crippen molar-refractivity contribution in [2.24, 2.45) is 0 Å². The van der Waals surface area contributed by atoms with Crippen LogP contribution in [0.15, 0.2) is 42.5 Å². The molecule has 2 N–H and O–H groups in total. The topological polar surface area (TPSA) is 127 Å². The minimum Gasteiger partial charge on any atom is -0.466 e. The predicted molar refractivity (Wildman–Crippen MR) is 127 cm³/mol. The van der Waals surface area contributed by atoms with Gasteiger partial charge in [-0.05, 0) is 38.0 Å². The Bertz CT molecular complexity index is 1050. The number of ether oxygens (including phenoxy) is 2. The lowest BCUT2D eigenvalue weighted by Crippen LogP contribution is -2.49. The molecule has 0 spiro atoms. The van der Waals surface area contributed by atoms with Gasteiger partial charge in [0.15, 0.2) is 0 Å². The number of amides is 2. The van der Waals surface area contributed by atoms with E-state index in [9.17, 15) is 19.2 Å². The van der Waals surface area contributed by atoms with Crippen molar-refractivity contribution in [3.05, 3.63) is 53.7 Å². The van der Waals surface area contributed by atoms with Gasteiger partial charge in [0, 0.05) is 38.2 Å². The molecular formula is C25H30N4O6. The van der Waals surface area contributed by atoms with Crippen LogP contribution >= 0.6 is 0 Å². The van der Waals surface area contributed by atoms with Gasteiger partial charge in [0.2, 0.25) is 0 Å². The third kappa shape index (κ3) is 7.61. The van der Waals surface area contributed by atoms with E-state index in [4.69, 9.17) is 9.47 Å². The number of benzene rings is 1. The summed E-state index contributed by atoms with van der Waals surface area (Å²) in [5, 5.41) is 5.68. The molecule has 0 aliphatic carbocycles. The highest BCUT2D eigenvalue weighted by Crippen LogP contribution is 2.19. The van der Waals surface area contributed by atoms with Crippen molar-refractivity contribution in [3.8, 4) is 11.3 Å². The summed E-state index contributed by atoms with van der Waals surface area (Å²) < 4.78 is 9.95. The van der Waals surface area contributed by atoms with Gasteiger partial charge >= 0.3 is 18.0 Å². The van der Waals surface area contributed by atoms with Crippen molar-refractivity contribution < 1.29 is 28.7 Å². The zero-order valence-corrected chi connectivity index (χ0v) is 19.9. The third-order valence-electron chi connectivity index (χ3n) is 5.37. The van der Waals surface area contributed by atoms with Crippen LogP contribution in [0.25, 0.3) is 11.3 Å². The molecule has 1 aromatic carbocycles. The van der Waals surface area contributed by atoms with Crippen molar-refractivity contribution in [1.29, 1.82) is 0 Å². The van der Waals surface area contributed by atoms with Crippen LogP contribution in [0.1, 0.15) is 35.8 Å². The molecule has 10 heteroatoms. The Morgan fingerprint density at radius 1 is 1.11 bits per heavy atom.